The molecule has 0 fully saturated rings. The molecule has 28 heavy (non-hydrogen) atoms. The number of fused-ring (bicyclic) bond motifs is 1. The highest BCUT2D eigenvalue weighted by Gasteiger charge is 2.21. The first-order valence-electron chi connectivity index (χ1n) is 9.01. The van der Waals surface area contributed by atoms with Gasteiger partial charge in [0.25, 0.3) is 11.8 Å². The third kappa shape index (κ3) is 4.68. The van der Waals surface area contributed by atoms with Crippen molar-refractivity contribution in [2.24, 2.45) is 0 Å². The molecule has 1 aliphatic heterocycles. The zero-order chi connectivity index (χ0) is 20.1. The maximum atomic E-state index is 12.6. The van der Waals surface area contributed by atoms with Crippen molar-refractivity contribution in [1.29, 1.82) is 0 Å². The summed E-state index contributed by atoms with van der Waals surface area (Å²) in [5, 5.41) is 2.65. The Kier molecular flexibility index (Phi) is 5.93. The number of anilines is 1. The molecule has 7 heteroatoms. The first-order chi connectivity index (χ1) is 13.4. The molecule has 3 rings (SSSR count). The van der Waals surface area contributed by atoms with E-state index in [0.29, 0.717) is 18.0 Å². The maximum absolute atomic E-state index is 12.6. The third-order valence-corrected chi connectivity index (χ3v) is 4.32. The molecule has 146 valence electrons. The van der Waals surface area contributed by atoms with Crippen LogP contribution < -0.4 is 10.1 Å². The second-order valence-electron chi connectivity index (χ2n) is 6.72. The van der Waals surface area contributed by atoms with Crippen LogP contribution in [0.1, 0.15) is 29.8 Å². The molecule has 0 atom stereocenters. The number of nitrogens with one attached hydrogen (secondary N) is 1. The van der Waals surface area contributed by atoms with E-state index in [9.17, 15) is 14.4 Å². The number of hydrogen-bond acceptors (Lipinski definition) is 5. The summed E-state index contributed by atoms with van der Waals surface area (Å²) in [5.74, 6) is -0.748. The number of carbonyl (C=O) groups is 3. The van der Waals surface area contributed by atoms with Crippen molar-refractivity contribution >= 4 is 23.5 Å². The largest absolute Gasteiger partial charge is 0.482 e. The van der Waals surface area contributed by atoms with Crippen LogP contribution in [-0.4, -0.2) is 41.9 Å². The highest BCUT2D eigenvalue weighted by molar-refractivity contribution is 5.97. The number of esters is 1. The van der Waals surface area contributed by atoms with Crippen molar-refractivity contribution in [3.63, 3.8) is 0 Å². The molecule has 7 nitrogen and oxygen atoms in total. The lowest BCUT2D eigenvalue weighted by molar-refractivity contribution is -0.137. The Labute approximate surface area is 163 Å². The minimum Gasteiger partial charge on any atom is -0.482 e. The lowest BCUT2D eigenvalue weighted by Gasteiger charge is -2.26. The molecule has 0 spiro atoms. The van der Waals surface area contributed by atoms with E-state index in [1.165, 1.54) is 12.1 Å². The van der Waals surface area contributed by atoms with Crippen LogP contribution in [0, 0.1) is 0 Å². The van der Waals surface area contributed by atoms with Crippen molar-refractivity contribution in [2.75, 3.05) is 18.5 Å². The van der Waals surface area contributed by atoms with Gasteiger partial charge < -0.3 is 19.7 Å². The van der Waals surface area contributed by atoms with Gasteiger partial charge in [0.2, 0.25) is 0 Å². The summed E-state index contributed by atoms with van der Waals surface area (Å²) < 4.78 is 10.5. The molecule has 1 aliphatic rings. The number of rotatable bonds is 6. The summed E-state index contributed by atoms with van der Waals surface area (Å²) >= 11 is 0. The lowest BCUT2D eigenvalue weighted by atomic mass is 10.1. The Hall–Kier alpha value is -3.35. The highest BCUT2D eigenvalue weighted by Crippen LogP contribution is 2.28. The number of amides is 2. The molecule has 0 bridgehead atoms. The Morgan fingerprint density at radius 2 is 1.93 bits per heavy atom. The van der Waals surface area contributed by atoms with Gasteiger partial charge in [0.05, 0.1) is 11.3 Å². The maximum Gasteiger partial charge on any atom is 0.338 e. The molecular formula is C21H22N2O5. The van der Waals surface area contributed by atoms with Gasteiger partial charge in [-0.2, -0.15) is 0 Å². The fraction of sp³-hybridized carbons (Fsp3) is 0.286. The van der Waals surface area contributed by atoms with E-state index in [0.717, 1.165) is 5.56 Å². The predicted molar refractivity (Wildman–Crippen MR) is 103 cm³/mol. The van der Waals surface area contributed by atoms with Crippen molar-refractivity contribution < 1.29 is 23.9 Å². The van der Waals surface area contributed by atoms with Crippen LogP contribution >= 0.6 is 0 Å². The summed E-state index contributed by atoms with van der Waals surface area (Å²) in [6.07, 6.45) is 0. The van der Waals surface area contributed by atoms with Crippen molar-refractivity contribution in [2.45, 2.75) is 26.4 Å². The molecule has 0 unspecified atom stereocenters. The average molecular weight is 382 g/mol. The minimum absolute atomic E-state index is 0.0350. The molecule has 0 saturated heterocycles. The second-order valence-corrected chi connectivity index (χ2v) is 6.72. The summed E-state index contributed by atoms with van der Waals surface area (Å²) in [7, 11) is 0. The Balaban J connectivity index is 1.61. The fourth-order valence-corrected chi connectivity index (χ4v) is 2.83. The molecule has 0 aromatic heterocycles. The number of benzene rings is 2. The number of ether oxygens (including phenoxy) is 2. The standard InChI is InChI=1S/C21H22N2O5/c1-14(2)23(11-15-6-4-3-5-7-15)20(25)13-28-21(26)16-8-9-17-18(10-16)27-12-19(24)22-17/h3-10,14H,11-13H2,1-2H3,(H,22,24). The lowest BCUT2D eigenvalue weighted by Crippen LogP contribution is -2.39. The first kappa shape index (κ1) is 19.4. The van der Waals surface area contributed by atoms with Crippen molar-refractivity contribution in [3.05, 3.63) is 59.7 Å². The minimum atomic E-state index is -0.625. The fourth-order valence-electron chi connectivity index (χ4n) is 2.83. The van der Waals surface area contributed by atoms with Gasteiger partial charge >= 0.3 is 5.97 Å². The number of hydrogen-bond donors (Lipinski definition) is 1. The number of nitrogens with zero attached hydrogens (tertiary/aromatic N) is 1. The molecule has 1 heterocycles. The molecule has 0 aliphatic carbocycles. The van der Waals surface area contributed by atoms with Crippen molar-refractivity contribution in [1.82, 2.24) is 4.90 Å². The van der Waals surface area contributed by atoms with Gasteiger partial charge in [0.15, 0.2) is 13.2 Å². The average Bonchev–Trinajstić information content (AvgIpc) is 2.70. The van der Waals surface area contributed by atoms with Gasteiger partial charge in [0.1, 0.15) is 5.75 Å². The van der Waals surface area contributed by atoms with E-state index in [2.05, 4.69) is 5.32 Å². The summed E-state index contributed by atoms with van der Waals surface area (Å²) in [5.41, 5.74) is 1.75. The predicted octanol–water partition coefficient (Wildman–Crippen LogP) is 2.61. The van der Waals surface area contributed by atoms with Crippen LogP contribution in [0.4, 0.5) is 5.69 Å². The topological polar surface area (TPSA) is 84.9 Å². The van der Waals surface area contributed by atoms with E-state index in [-0.39, 0.29) is 36.6 Å². The second kappa shape index (κ2) is 8.56. The van der Waals surface area contributed by atoms with Crippen LogP contribution in [0.3, 0.4) is 0 Å². The molecular weight excluding hydrogens is 360 g/mol. The quantitative estimate of drug-likeness (QED) is 0.777. The first-order valence-corrected chi connectivity index (χ1v) is 9.01. The smallest absolute Gasteiger partial charge is 0.338 e. The molecule has 2 aromatic rings. The van der Waals surface area contributed by atoms with Gasteiger partial charge in [-0.15, -0.1) is 0 Å². The van der Waals surface area contributed by atoms with E-state index in [1.807, 2.05) is 44.2 Å². The number of carbonyl (C=O) groups excluding carboxylic acids is 3. The van der Waals surface area contributed by atoms with Crippen LogP contribution in [-0.2, 0) is 20.9 Å². The zero-order valence-electron chi connectivity index (χ0n) is 15.8. The normalized spacial score (nSPS) is 12.6. The Morgan fingerprint density at radius 3 is 2.64 bits per heavy atom. The third-order valence-electron chi connectivity index (χ3n) is 4.32. The van der Waals surface area contributed by atoms with Gasteiger partial charge in [-0.25, -0.2) is 4.79 Å². The Bertz CT molecular complexity index is 880. The van der Waals surface area contributed by atoms with Crippen LogP contribution in [0.5, 0.6) is 5.75 Å². The Morgan fingerprint density at radius 1 is 1.18 bits per heavy atom. The molecule has 2 aromatic carbocycles. The summed E-state index contributed by atoms with van der Waals surface area (Å²) in [6.45, 7) is 3.82. The summed E-state index contributed by atoms with van der Waals surface area (Å²) in [4.78, 5) is 37.8. The van der Waals surface area contributed by atoms with E-state index < -0.39 is 5.97 Å². The molecule has 0 radical (unpaired) electrons. The molecule has 2 amide bonds. The summed E-state index contributed by atoms with van der Waals surface area (Å²) in [6, 6.07) is 14.2. The molecule has 1 N–H and O–H groups in total. The van der Waals surface area contributed by atoms with Crippen LogP contribution in [0.15, 0.2) is 48.5 Å². The monoisotopic (exact) mass is 382 g/mol. The zero-order valence-corrected chi connectivity index (χ0v) is 15.8. The molecule has 0 saturated carbocycles. The van der Waals surface area contributed by atoms with Crippen molar-refractivity contribution in [3.8, 4) is 5.75 Å². The van der Waals surface area contributed by atoms with Crippen LogP contribution in [0.25, 0.3) is 0 Å². The van der Waals surface area contributed by atoms with E-state index >= 15 is 0 Å². The van der Waals surface area contributed by atoms with Gasteiger partial charge in [-0.3, -0.25) is 9.59 Å². The van der Waals surface area contributed by atoms with Gasteiger partial charge in [-0.05, 0) is 37.6 Å². The highest BCUT2D eigenvalue weighted by atomic mass is 16.5. The van der Waals surface area contributed by atoms with Gasteiger partial charge in [0, 0.05) is 12.6 Å². The van der Waals surface area contributed by atoms with E-state index in [4.69, 9.17) is 9.47 Å². The SMILES string of the molecule is CC(C)N(Cc1ccccc1)C(=O)COC(=O)c1ccc2c(c1)OCC(=O)N2. The van der Waals surface area contributed by atoms with E-state index in [1.54, 1.807) is 11.0 Å². The van der Waals surface area contributed by atoms with Gasteiger partial charge in [-0.1, -0.05) is 30.3 Å². The van der Waals surface area contributed by atoms with Crippen LogP contribution in [0.2, 0.25) is 0 Å².